The molecule has 0 aliphatic carbocycles. The number of halogens is 1. The minimum Gasteiger partial charge on any atom is -0.313 e. The second kappa shape index (κ2) is 6.22. The van der Waals surface area contributed by atoms with Gasteiger partial charge in [-0.2, -0.15) is 0 Å². The maximum atomic E-state index is 11.8. The van der Waals surface area contributed by atoms with Gasteiger partial charge in [-0.05, 0) is 33.6 Å². The van der Waals surface area contributed by atoms with E-state index in [2.05, 4.69) is 5.32 Å². The molecule has 2 atom stereocenters. The lowest BCUT2D eigenvalue weighted by Gasteiger charge is -2.22. The Kier molecular flexibility index (Phi) is 6.30. The highest BCUT2D eigenvalue weighted by molar-refractivity contribution is 7.92. The van der Waals surface area contributed by atoms with Gasteiger partial charge in [-0.25, -0.2) is 8.42 Å². The lowest BCUT2D eigenvalue weighted by Crippen LogP contribution is -2.39. The van der Waals surface area contributed by atoms with Crippen molar-refractivity contribution in [1.82, 2.24) is 5.32 Å². The van der Waals surface area contributed by atoms with Crippen LogP contribution in [0.15, 0.2) is 0 Å². The van der Waals surface area contributed by atoms with Gasteiger partial charge in [0.05, 0.1) is 10.5 Å². The van der Waals surface area contributed by atoms with Crippen LogP contribution in [0.25, 0.3) is 0 Å². The zero-order valence-electron chi connectivity index (χ0n) is 10.9. The third-order valence-corrected chi connectivity index (χ3v) is 5.96. The summed E-state index contributed by atoms with van der Waals surface area (Å²) in [7, 11) is -3.02. The lowest BCUT2D eigenvalue weighted by atomic mass is 10.1. The fourth-order valence-corrected chi connectivity index (χ4v) is 2.33. The molecule has 3 nitrogen and oxygen atoms in total. The van der Waals surface area contributed by atoms with Crippen molar-refractivity contribution in [3.8, 4) is 0 Å². The van der Waals surface area contributed by atoms with Crippen molar-refractivity contribution in [3.05, 3.63) is 0 Å². The minimum atomic E-state index is -3.02. The molecule has 0 aromatic carbocycles. The molecule has 2 unspecified atom stereocenters. The number of alkyl halides is 1. The highest BCUT2D eigenvalue weighted by Crippen LogP contribution is 2.15. The summed E-state index contributed by atoms with van der Waals surface area (Å²) in [4.78, 5) is 0. The highest BCUT2D eigenvalue weighted by atomic mass is 35.5. The summed E-state index contributed by atoms with van der Waals surface area (Å²) in [5, 5.41) is 3.20. The van der Waals surface area contributed by atoms with Gasteiger partial charge in [-0.1, -0.05) is 6.92 Å². The molecule has 0 fully saturated rings. The van der Waals surface area contributed by atoms with Gasteiger partial charge in [0, 0.05) is 18.5 Å². The second-order valence-corrected chi connectivity index (χ2v) is 8.48. The average molecular weight is 270 g/mol. The number of hydrogen-bond donors (Lipinski definition) is 1. The van der Waals surface area contributed by atoms with Crippen LogP contribution in [0.1, 0.15) is 34.6 Å². The smallest absolute Gasteiger partial charge is 0.156 e. The Bertz CT molecular complexity index is 296. The summed E-state index contributed by atoms with van der Waals surface area (Å²) in [6.45, 7) is 9.75. The summed E-state index contributed by atoms with van der Waals surface area (Å²) in [6, 6.07) is 0.243. The third-order valence-electron chi connectivity index (χ3n) is 2.87. The molecule has 0 aromatic heterocycles. The first-order chi connectivity index (χ1) is 7.12. The predicted molar refractivity (Wildman–Crippen MR) is 70.9 cm³/mol. The molecule has 16 heavy (non-hydrogen) atoms. The molecule has 1 N–H and O–H groups in total. The molecule has 5 heteroatoms. The van der Waals surface area contributed by atoms with Gasteiger partial charge in [0.2, 0.25) is 0 Å². The van der Waals surface area contributed by atoms with E-state index in [0.717, 1.165) is 0 Å². The summed E-state index contributed by atoms with van der Waals surface area (Å²) < 4.78 is 22.9. The summed E-state index contributed by atoms with van der Waals surface area (Å²) in [6.07, 6.45) is 0. The fraction of sp³-hybridized carbons (Fsp3) is 1.00. The summed E-state index contributed by atoms with van der Waals surface area (Å²) in [5.74, 6) is 1.11. The zero-order chi connectivity index (χ0) is 13.0. The molecule has 0 saturated carbocycles. The zero-order valence-corrected chi connectivity index (χ0v) is 12.5. The van der Waals surface area contributed by atoms with Gasteiger partial charge >= 0.3 is 0 Å². The van der Waals surface area contributed by atoms with Crippen LogP contribution in [0.3, 0.4) is 0 Å². The SMILES string of the molecule is CC(CCl)C(C)NCCS(=O)(=O)C(C)(C)C. The third kappa shape index (κ3) is 5.02. The molecule has 0 heterocycles. The Balaban J connectivity index is 4.10. The van der Waals surface area contributed by atoms with Crippen molar-refractivity contribution in [2.75, 3.05) is 18.2 Å². The molecule has 0 radical (unpaired) electrons. The maximum Gasteiger partial charge on any atom is 0.156 e. The van der Waals surface area contributed by atoms with Crippen molar-refractivity contribution >= 4 is 21.4 Å². The largest absolute Gasteiger partial charge is 0.313 e. The van der Waals surface area contributed by atoms with Crippen LogP contribution in [0, 0.1) is 5.92 Å². The van der Waals surface area contributed by atoms with Crippen molar-refractivity contribution in [3.63, 3.8) is 0 Å². The Morgan fingerprint density at radius 2 is 1.75 bits per heavy atom. The van der Waals surface area contributed by atoms with E-state index >= 15 is 0 Å². The Labute approximate surface area is 105 Å². The molecule has 0 bridgehead atoms. The molecule has 98 valence electrons. The number of hydrogen-bond acceptors (Lipinski definition) is 3. The maximum absolute atomic E-state index is 11.8. The fourth-order valence-electron chi connectivity index (χ4n) is 1.06. The van der Waals surface area contributed by atoms with Crippen molar-refractivity contribution in [1.29, 1.82) is 0 Å². The molecule has 0 rings (SSSR count). The van der Waals surface area contributed by atoms with Crippen LogP contribution < -0.4 is 5.32 Å². The Hall–Kier alpha value is 0.200. The number of sulfone groups is 1. The van der Waals surface area contributed by atoms with Crippen LogP contribution in [0.4, 0.5) is 0 Å². The molecular weight excluding hydrogens is 246 g/mol. The van der Waals surface area contributed by atoms with Crippen LogP contribution >= 0.6 is 11.6 Å². The normalized spacial score (nSPS) is 17.1. The molecule has 0 aromatic rings. The number of nitrogens with one attached hydrogen (secondary N) is 1. The lowest BCUT2D eigenvalue weighted by molar-refractivity contribution is 0.440. The quantitative estimate of drug-likeness (QED) is 0.751. The monoisotopic (exact) mass is 269 g/mol. The highest BCUT2D eigenvalue weighted by Gasteiger charge is 2.28. The molecule has 0 amide bonds. The average Bonchev–Trinajstić information content (AvgIpc) is 2.14. The van der Waals surface area contributed by atoms with Crippen molar-refractivity contribution < 1.29 is 8.42 Å². The Morgan fingerprint density at radius 3 is 2.12 bits per heavy atom. The topological polar surface area (TPSA) is 46.2 Å². The van der Waals surface area contributed by atoms with Gasteiger partial charge in [0.15, 0.2) is 9.84 Å². The van der Waals surface area contributed by atoms with Gasteiger partial charge in [-0.15, -0.1) is 11.6 Å². The van der Waals surface area contributed by atoms with Gasteiger partial charge in [0.1, 0.15) is 0 Å². The van der Waals surface area contributed by atoms with Crippen LogP contribution in [-0.2, 0) is 9.84 Å². The molecule has 0 aliphatic rings. The molecule has 0 saturated heterocycles. The molecule has 0 aliphatic heterocycles. The standard InChI is InChI=1S/C11H24ClNO2S/c1-9(8-12)10(2)13-6-7-16(14,15)11(3,4)5/h9-10,13H,6-8H2,1-5H3. The van der Waals surface area contributed by atoms with Gasteiger partial charge in [0.25, 0.3) is 0 Å². The van der Waals surface area contributed by atoms with E-state index < -0.39 is 14.6 Å². The van der Waals surface area contributed by atoms with E-state index in [0.29, 0.717) is 18.3 Å². The van der Waals surface area contributed by atoms with Crippen LogP contribution in [0.5, 0.6) is 0 Å². The van der Waals surface area contributed by atoms with E-state index in [4.69, 9.17) is 11.6 Å². The first-order valence-corrected chi connectivity index (χ1v) is 7.82. The second-order valence-electron chi connectivity index (χ2n) is 5.31. The number of rotatable bonds is 6. The predicted octanol–water partition coefficient (Wildman–Crippen LogP) is 2.05. The van der Waals surface area contributed by atoms with E-state index in [1.54, 1.807) is 20.8 Å². The summed E-state index contributed by atoms with van der Waals surface area (Å²) >= 11 is 5.73. The van der Waals surface area contributed by atoms with E-state index in [1.165, 1.54) is 0 Å². The van der Waals surface area contributed by atoms with Crippen LogP contribution in [0.2, 0.25) is 0 Å². The van der Waals surface area contributed by atoms with Crippen LogP contribution in [-0.4, -0.2) is 37.4 Å². The van der Waals surface area contributed by atoms with Gasteiger partial charge in [-0.3, -0.25) is 0 Å². The van der Waals surface area contributed by atoms with E-state index in [1.807, 2.05) is 13.8 Å². The van der Waals surface area contributed by atoms with Gasteiger partial charge < -0.3 is 5.32 Å². The first kappa shape index (κ1) is 16.2. The summed E-state index contributed by atoms with van der Waals surface area (Å²) in [5.41, 5.74) is 0. The van der Waals surface area contributed by atoms with E-state index in [9.17, 15) is 8.42 Å². The van der Waals surface area contributed by atoms with Crippen molar-refractivity contribution in [2.24, 2.45) is 5.92 Å². The first-order valence-electron chi connectivity index (χ1n) is 5.63. The minimum absolute atomic E-state index is 0.176. The van der Waals surface area contributed by atoms with E-state index in [-0.39, 0.29) is 11.8 Å². The molecule has 0 spiro atoms. The molecular formula is C11H24ClNO2S. The Morgan fingerprint density at radius 1 is 1.25 bits per heavy atom. The van der Waals surface area contributed by atoms with Crippen molar-refractivity contribution in [2.45, 2.75) is 45.4 Å².